The van der Waals surface area contributed by atoms with E-state index >= 15 is 0 Å². The van der Waals surface area contributed by atoms with Crippen LogP contribution in [-0.4, -0.2) is 72.6 Å². The predicted molar refractivity (Wildman–Crippen MR) is 91.1 cm³/mol. The fourth-order valence-corrected chi connectivity index (χ4v) is 3.55. The Hall–Kier alpha value is -1.73. The van der Waals surface area contributed by atoms with Crippen LogP contribution in [0, 0.1) is 0 Å². The quantitative estimate of drug-likeness (QED) is 0.894. The van der Waals surface area contributed by atoms with Crippen LogP contribution < -0.4 is 5.32 Å². The molecule has 3 rings (SSSR count). The molecule has 0 spiro atoms. The minimum atomic E-state index is -0.146. The first-order valence-electron chi connectivity index (χ1n) is 7.85. The number of nitrogens with one attached hydrogen (secondary N) is 1. The Morgan fingerprint density at radius 2 is 1.78 bits per heavy atom. The van der Waals surface area contributed by atoms with E-state index in [9.17, 15) is 9.59 Å². The number of carbonyl (C=O) groups is 2. The maximum absolute atomic E-state index is 12.5. The normalized spacial score (nSPS) is 18.6. The molecular weight excluding hydrogens is 314 g/mol. The van der Waals surface area contributed by atoms with Crippen molar-refractivity contribution in [2.24, 2.45) is 0 Å². The molecule has 0 unspecified atom stereocenters. The average Bonchev–Trinajstić information content (AvgIpc) is 2.63. The molecule has 2 aliphatic rings. The Kier molecular flexibility index (Phi) is 5.40. The fraction of sp³-hybridized carbons (Fsp3) is 0.500. The van der Waals surface area contributed by atoms with Crippen molar-refractivity contribution >= 4 is 29.4 Å². The van der Waals surface area contributed by atoms with Crippen molar-refractivity contribution in [3.05, 3.63) is 29.8 Å². The van der Waals surface area contributed by atoms with Crippen molar-refractivity contribution in [1.29, 1.82) is 0 Å². The highest BCUT2D eigenvalue weighted by molar-refractivity contribution is 7.99. The van der Waals surface area contributed by atoms with Crippen LogP contribution in [0.25, 0.3) is 0 Å². The number of thioether (sulfide) groups is 1. The number of rotatable bonds is 2. The molecule has 6 nitrogen and oxygen atoms in total. The molecule has 0 aliphatic carbocycles. The third-order valence-corrected chi connectivity index (χ3v) is 4.90. The molecule has 124 valence electrons. The summed E-state index contributed by atoms with van der Waals surface area (Å²) in [5, 5.41) is 2.87. The minimum Gasteiger partial charge on any atom is -0.378 e. The zero-order chi connectivity index (χ0) is 16.1. The second kappa shape index (κ2) is 7.70. The second-order valence-corrected chi connectivity index (χ2v) is 6.74. The van der Waals surface area contributed by atoms with Crippen molar-refractivity contribution in [2.75, 3.05) is 56.2 Å². The number of benzene rings is 1. The molecule has 3 amide bonds. The molecule has 1 aromatic carbocycles. The molecule has 0 saturated carbocycles. The van der Waals surface area contributed by atoms with Gasteiger partial charge in [0, 0.05) is 48.9 Å². The van der Waals surface area contributed by atoms with Gasteiger partial charge in [-0.05, 0) is 18.2 Å². The molecule has 0 aromatic heterocycles. The summed E-state index contributed by atoms with van der Waals surface area (Å²) < 4.78 is 5.24. The lowest BCUT2D eigenvalue weighted by Crippen LogP contribution is -2.43. The summed E-state index contributed by atoms with van der Waals surface area (Å²) in [4.78, 5) is 28.3. The van der Waals surface area contributed by atoms with E-state index in [4.69, 9.17) is 4.74 Å². The molecule has 0 radical (unpaired) electrons. The number of anilines is 1. The monoisotopic (exact) mass is 335 g/mol. The molecule has 1 aromatic rings. The van der Waals surface area contributed by atoms with Crippen LogP contribution in [0.4, 0.5) is 10.5 Å². The second-order valence-electron chi connectivity index (χ2n) is 5.51. The standard InChI is InChI=1S/C16H21N3O3S/c20-15(18-6-10-23-11-7-18)13-2-1-3-14(12-13)17-16(21)19-4-8-22-9-5-19/h1-3,12H,4-11H2,(H,17,21). The molecule has 23 heavy (non-hydrogen) atoms. The third kappa shape index (κ3) is 4.17. The first-order valence-corrected chi connectivity index (χ1v) is 9.00. The van der Waals surface area contributed by atoms with Gasteiger partial charge in [-0.2, -0.15) is 11.8 Å². The molecule has 7 heteroatoms. The van der Waals surface area contributed by atoms with Crippen LogP contribution in [0.5, 0.6) is 0 Å². The smallest absolute Gasteiger partial charge is 0.321 e. The zero-order valence-corrected chi connectivity index (χ0v) is 13.8. The van der Waals surface area contributed by atoms with Crippen molar-refractivity contribution in [1.82, 2.24) is 9.80 Å². The summed E-state index contributed by atoms with van der Waals surface area (Å²) in [6, 6.07) is 7.02. The summed E-state index contributed by atoms with van der Waals surface area (Å²) in [5.41, 5.74) is 1.27. The van der Waals surface area contributed by atoms with Gasteiger partial charge < -0.3 is 19.9 Å². The van der Waals surface area contributed by atoms with E-state index in [0.717, 1.165) is 24.6 Å². The topological polar surface area (TPSA) is 61.9 Å². The van der Waals surface area contributed by atoms with Gasteiger partial charge in [-0.1, -0.05) is 6.07 Å². The number of hydrogen-bond donors (Lipinski definition) is 1. The molecule has 2 aliphatic heterocycles. The number of morpholine rings is 1. The van der Waals surface area contributed by atoms with Crippen LogP contribution in [0.3, 0.4) is 0 Å². The highest BCUT2D eigenvalue weighted by Gasteiger charge is 2.20. The Morgan fingerprint density at radius 3 is 2.52 bits per heavy atom. The average molecular weight is 335 g/mol. The maximum atomic E-state index is 12.5. The maximum Gasteiger partial charge on any atom is 0.321 e. The highest BCUT2D eigenvalue weighted by Crippen LogP contribution is 2.16. The van der Waals surface area contributed by atoms with Crippen molar-refractivity contribution in [3.8, 4) is 0 Å². The van der Waals surface area contributed by atoms with E-state index in [1.54, 1.807) is 29.2 Å². The van der Waals surface area contributed by atoms with Crippen LogP contribution >= 0.6 is 11.8 Å². The Balaban J connectivity index is 1.64. The van der Waals surface area contributed by atoms with Gasteiger partial charge in [-0.15, -0.1) is 0 Å². The number of ether oxygens (including phenoxy) is 1. The Bertz CT molecular complexity index is 569. The molecule has 2 fully saturated rings. The molecule has 0 atom stereocenters. The van der Waals surface area contributed by atoms with Crippen LogP contribution in [0.15, 0.2) is 24.3 Å². The summed E-state index contributed by atoms with van der Waals surface area (Å²) in [6.07, 6.45) is 0. The van der Waals surface area contributed by atoms with Crippen LogP contribution in [0.1, 0.15) is 10.4 Å². The van der Waals surface area contributed by atoms with Gasteiger partial charge in [-0.25, -0.2) is 4.79 Å². The van der Waals surface area contributed by atoms with E-state index in [0.29, 0.717) is 37.6 Å². The molecular formula is C16H21N3O3S. The number of amides is 3. The third-order valence-electron chi connectivity index (χ3n) is 3.96. The highest BCUT2D eigenvalue weighted by atomic mass is 32.2. The SMILES string of the molecule is O=C(Nc1cccc(C(=O)N2CCSCC2)c1)N1CCOCC1. The number of urea groups is 1. The molecule has 0 bridgehead atoms. The number of carbonyl (C=O) groups excluding carboxylic acids is 2. The largest absolute Gasteiger partial charge is 0.378 e. The van der Waals surface area contributed by atoms with Gasteiger partial charge in [0.05, 0.1) is 13.2 Å². The van der Waals surface area contributed by atoms with Crippen molar-refractivity contribution in [3.63, 3.8) is 0 Å². The molecule has 2 saturated heterocycles. The lowest BCUT2D eigenvalue weighted by molar-refractivity contribution is 0.0564. The summed E-state index contributed by atoms with van der Waals surface area (Å²) >= 11 is 1.87. The van der Waals surface area contributed by atoms with E-state index in [2.05, 4.69) is 5.32 Å². The Labute approximate surface area is 140 Å². The van der Waals surface area contributed by atoms with Gasteiger partial charge in [0.15, 0.2) is 0 Å². The van der Waals surface area contributed by atoms with Gasteiger partial charge in [0.25, 0.3) is 5.91 Å². The van der Waals surface area contributed by atoms with Crippen LogP contribution in [0.2, 0.25) is 0 Å². The van der Waals surface area contributed by atoms with Gasteiger partial charge in [-0.3, -0.25) is 4.79 Å². The lowest BCUT2D eigenvalue weighted by atomic mass is 10.1. The summed E-state index contributed by atoms with van der Waals surface area (Å²) in [6.45, 7) is 3.89. The number of nitrogens with zero attached hydrogens (tertiary/aromatic N) is 2. The summed E-state index contributed by atoms with van der Waals surface area (Å²) in [7, 11) is 0. The van der Waals surface area contributed by atoms with Gasteiger partial charge in [0.1, 0.15) is 0 Å². The van der Waals surface area contributed by atoms with E-state index in [1.165, 1.54) is 0 Å². The number of hydrogen-bond acceptors (Lipinski definition) is 4. The van der Waals surface area contributed by atoms with Gasteiger partial charge >= 0.3 is 6.03 Å². The first-order chi connectivity index (χ1) is 11.2. The molecule has 2 heterocycles. The van der Waals surface area contributed by atoms with E-state index < -0.39 is 0 Å². The first kappa shape index (κ1) is 16.1. The van der Waals surface area contributed by atoms with Crippen molar-refractivity contribution < 1.29 is 14.3 Å². The van der Waals surface area contributed by atoms with E-state index in [-0.39, 0.29) is 11.9 Å². The lowest BCUT2D eigenvalue weighted by Gasteiger charge is -2.27. The molecule has 1 N–H and O–H groups in total. The van der Waals surface area contributed by atoms with Crippen LogP contribution in [-0.2, 0) is 4.74 Å². The minimum absolute atomic E-state index is 0.0350. The summed E-state index contributed by atoms with van der Waals surface area (Å²) in [5.74, 6) is 2.01. The van der Waals surface area contributed by atoms with Gasteiger partial charge in [0.2, 0.25) is 0 Å². The van der Waals surface area contributed by atoms with Crippen molar-refractivity contribution in [2.45, 2.75) is 0 Å². The predicted octanol–water partition coefficient (Wildman–Crippen LogP) is 1.74. The fourth-order valence-electron chi connectivity index (χ4n) is 2.65. The van der Waals surface area contributed by atoms with E-state index in [1.807, 2.05) is 16.7 Å². The Morgan fingerprint density at radius 1 is 1.04 bits per heavy atom. The zero-order valence-electron chi connectivity index (χ0n) is 13.0.